The molecule has 5 atom stereocenters. The molecular formula is C21H31N3O4. The lowest BCUT2D eigenvalue weighted by Crippen LogP contribution is -2.66. The van der Waals surface area contributed by atoms with Crippen LogP contribution in [-0.4, -0.2) is 87.0 Å². The maximum Gasteiger partial charge on any atom is 0.176 e. The van der Waals surface area contributed by atoms with E-state index in [2.05, 4.69) is 21.2 Å². The molecule has 0 radical (unpaired) electrons. The fraction of sp³-hybridized carbons (Fsp3) is 0.714. The lowest BCUT2D eigenvalue weighted by Gasteiger charge is -2.47. The van der Waals surface area contributed by atoms with Gasteiger partial charge in [0.25, 0.3) is 0 Å². The van der Waals surface area contributed by atoms with Crippen LogP contribution in [-0.2, 0) is 9.47 Å². The van der Waals surface area contributed by atoms with Gasteiger partial charge in [-0.15, -0.1) is 0 Å². The molecular weight excluding hydrogens is 358 g/mol. The summed E-state index contributed by atoms with van der Waals surface area (Å²) in [4.78, 5) is 4.70. The van der Waals surface area contributed by atoms with Crippen LogP contribution in [0.3, 0.4) is 0 Å². The van der Waals surface area contributed by atoms with Crippen molar-refractivity contribution in [1.29, 1.82) is 0 Å². The van der Waals surface area contributed by atoms with Crippen molar-refractivity contribution >= 4 is 5.69 Å². The quantitative estimate of drug-likeness (QED) is 0.741. The van der Waals surface area contributed by atoms with Gasteiger partial charge in [0, 0.05) is 26.2 Å². The number of anilines is 1. The molecule has 2 N–H and O–H groups in total. The van der Waals surface area contributed by atoms with E-state index in [4.69, 9.17) is 14.2 Å². The van der Waals surface area contributed by atoms with E-state index in [9.17, 15) is 5.11 Å². The predicted molar refractivity (Wildman–Crippen MR) is 106 cm³/mol. The van der Waals surface area contributed by atoms with Crippen molar-refractivity contribution < 1.29 is 19.3 Å². The monoisotopic (exact) mass is 389 g/mol. The largest absolute Gasteiger partial charge is 0.495 e. The molecule has 5 rings (SSSR count). The second kappa shape index (κ2) is 7.80. The number of aliphatic hydroxyl groups excluding tert-OH is 1. The summed E-state index contributed by atoms with van der Waals surface area (Å²) in [6.45, 7) is 5.05. The standard InChI is InChI=1S/C21H31N3O4/c1-26-16-5-3-2-4-15(16)23-8-10-24(11-9-23)19-20(25)18(22-12-14-6-7-14)17-13-27-21(19)28-17/h2-5,14,17-22,25H,6-13H2,1H3. The second-order valence-electron chi connectivity index (χ2n) is 8.43. The smallest absolute Gasteiger partial charge is 0.176 e. The Balaban J connectivity index is 1.25. The summed E-state index contributed by atoms with van der Waals surface area (Å²) in [6.07, 6.45) is 1.77. The summed E-state index contributed by atoms with van der Waals surface area (Å²) >= 11 is 0. The van der Waals surface area contributed by atoms with E-state index in [1.54, 1.807) is 7.11 Å². The van der Waals surface area contributed by atoms with Crippen molar-refractivity contribution in [2.24, 2.45) is 5.92 Å². The number of nitrogens with zero attached hydrogens (tertiary/aromatic N) is 2. The normalized spacial score (nSPS) is 35.9. The van der Waals surface area contributed by atoms with Crippen LogP contribution in [0.4, 0.5) is 5.69 Å². The zero-order chi connectivity index (χ0) is 19.1. The van der Waals surface area contributed by atoms with Gasteiger partial charge in [-0.25, -0.2) is 0 Å². The third-order valence-corrected chi connectivity index (χ3v) is 6.63. The topological polar surface area (TPSA) is 66.4 Å². The molecule has 3 aliphatic heterocycles. The highest BCUT2D eigenvalue weighted by atomic mass is 16.7. The van der Waals surface area contributed by atoms with Crippen molar-refractivity contribution in [3.8, 4) is 5.75 Å². The highest BCUT2D eigenvalue weighted by Crippen LogP contribution is 2.34. The molecule has 2 bridgehead atoms. The Morgan fingerprint density at radius 3 is 2.71 bits per heavy atom. The minimum Gasteiger partial charge on any atom is -0.495 e. The van der Waals surface area contributed by atoms with Crippen LogP contribution >= 0.6 is 0 Å². The van der Waals surface area contributed by atoms with Crippen molar-refractivity contribution in [2.45, 2.75) is 43.4 Å². The molecule has 1 aromatic rings. The first-order valence-corrected chi connectivity index (χ1v) is 10.5. The summed E-state index contributed by atoms with van der Waals surface area (Å²) in [7, 11) is 1.72. The lowest BCUT2D eigenvalue weighted by molar-refractivity contribution is -0.183. The van der Waals surface area contributed by atoms with Crippen LogP contribution in [0.1, 0.15) is 12.8 Å². The second-order valence-corrected chi connectivity index (χ2v) is 8.43. The van der Waals surface area contributed by atoms with Gasteiger partial charge >= 0.3 is 0 Å². The van der Waals surface area contributed by atoms with Gasteiger partial charge in [0.05, 0.1) is 37.6 Å². The first-order chi connectivity index (χ1) is 13.7. The van der Waals surface area contributed by atoms with E-state index in [1.807, 2.05) is 18.2 Å². The van der Waals surface area contributed by atoms with Crippen molar-refractivity contribution in [3.63, 3.8) is 0 Å². The molecule has 7 heteroatoms. The lowest BCUT2D eigenvalue weighted by atomic mass is 9.94. The SMILES string of the molecule is COc1ccccc1N1CCN(C2C3OCC(O3)C(NCC3CC3)C2O)CC1. The fourth-order valence-electron chi connectivity index (χ4n) is 4.82. The highest BCUT2D eigenvalue weighted by molar-refractivity contribution is 5.58. The minimum atomic E-state index is -0.470. The van der Waals surface area contributed by atoms with E-state index in [0.717, 1.165) is 50.1 Å². The van der Waals surface area contributed by atoms with E-state index in [1.165, 1.54) is 12.8 Å². The third kappa shape index (κ3) is 3.50. The third-order valence-electron chi connectivity index (χ3n) is 6.63. The number of benzene rings is 1. The van der Waals surface area contributed by atoms with Crippen LogP contribution in [0.15, 0.2) is 24.3 Å². The van der Waals surface area contributed by atoms with E-state index >= 15 is 0 Å². The van der Waals surface area contributed by atoms with Crippen LogP contribution in [0.5, 0.6) is 5.75 Å². The number of ether oxygens (including phenoxy) is 3. The molecule has 0 amide bonds. The summed E-state index contributed by atoms with van der Waals surface area (Å²) in [6, 6.07) is 7.99. The number of nitrogens with one attached hydrogen (secondary N) is 1. The van der Waals surface area contributed by atoms with Gasteiger partial charge in [-0.05, 0) is 37.4 Å². The fourth-order valence-corrected chi connectivity index (χ4v) is 4.82. The summed E-state index contributed by atoms with van der Waals surface area (Å²) in [5.74, 6) is 1.68. The van der Waals surface area contributed by atoms with Gasteiger partial charge in [0.2, 0.25) is 0 Å². The Morgan fingerprint density at radius 2 is 1.96 bits per heavy atom. The van der Waals surface area contributed by atoms with Crippen molar-refractivity contribution in [3.05, 3.63) is 24.3 Å². The maximum atomic E-state index is 11.2. The molecule has 1 aromatic carbocycles. The van der Waals surface area contributed by atoms with Crippen molar-refractivity contribution in [2.75, 3.05) is 51.3 Å². The number of aliphatic hydroxyl groups is 1. The van der Waals surface area contributed by atoms with Gasteiger partial charge in [0.1, 0.15) is 11.9 Å². The molecule has 154 valence electrons. The Hall–Kier alpha value is -1.38. The van der Waals surface area contributed by atoms with Crippen LogP contribution in [0.25, 0.3) is 0 Å². The Bertz CT molecular complexity index is 677. The Morgan fingerprint density at radius 1 is 1.18 bits per heavy atom. The van der Waals surface area contributed by atoms with Crippen molar-refractivity contribution in [1.82, 2.24) is 10.2 Å². The number of hydrogen-bond acceptors (Lipinski definition) is 7. The number of para-hydroxylation sites is 2. The summed E-state index contributed by atoms with van der Waals surface area (Å²) < 4.78 is 17.6. The average Bonchev–Trinajstić information content (AvgIpc) is 3.47. The first kappa shape index (κ1) is 18.6. The molecule has 4 aliphatic rings. The van der Waals surface area contributed by atoms with Crippen LogP contribution < -0.4 is 15.0 Å². The van der Waals surface area contributed by atoms with E-state index in [0.29, 0.717) is 6.61 Å². The molecule has 1 aliphatic carbocycles. The Kier molecular flexibility index (Phi) is 5.19. The molecule has 0 aromatic heterocycles. The van der Waals surface area contributed by atoms with E-state index < -0.39 is 6.10 Å². The number of piperazine rings is 1. The average molecular weight is 389 g/mol. The Labute approximate surface area is 166 Å². The first-order valence-electron chi connectivity index (χ1n) is 10.5. The zero-order valence-corrected chi connectivity index (χ0v) is 16.5. The zero-order valence-electron chi connectivity index (χ0n) is 16.5. The number of rotatable bonds is 6. The molecule has 3 heterocycles. The predicted octanol–water partition coefficient (Wildman–Crippen LogP) is 0.670. The number of fused-ring (bicyclic) bond motifs is 2. The van der Waals surface area contributed by atoms with Gasteiger partial charge < -0.3 is 29.5 Å². The van der Waals surface area contributed by atoms with E-state index in [-0.39, 0.29) is 24.5 Å². The summed E-state index contributed by atoms with van der Waals surface area (Å²) in [5.41, 5.74) is 1.13. The van der Waals surface area contributed by atoms with Gasteiger partial charge in [-0.2, -0.15) is 0 Å². The molecule has 3 saturated heterocycles. The highest BCUT2D eigenvalue weighted by Gasteiger charge is 2.52. The van der Waals surface area contributed by atoms with Crippen LogP contribution in [0.2, 0.25) is 0 Å². The summed E-state index contributed by atoms with van der Waals surface area (Å²) in [5, 5.41) is 14.7. The van der Waals surface area contributed by atoms with Gasteiger partial charge in [-0.1, -0.05) is 12.1 Å². The minimum absolute atomic E-state index is 0.0372. The molecule has 0 spiro atoms. The maximum absolute atomic E-state index is 11.2. The number of hydrogen-bond donors (Lipinski definition) is 2. The molecule has 7 nitrogen and oxygen atoms in total. The van der Waals surface area contributed by atoms with Gasteiger partial charge in [-0.3, -0.25) is 4.90 Å². The molecule has 28 heavy (non-hydrogen) atoms. The molecule has 1 saturated carbocycles. The van der Waals surface area contributed by atoms with Gasteiger partial charge in [0.15, 0.2) is 6.29 Å². The molecule has 5 unspecified atom stereocenters. The number of methoxy groups -OCH3 is 1. The molecule has 4 fully saturated rings. The van der Waals surface area contributed by atoms with Crippen LogP contribution in [0, 0.1) is 5.92 Å².